The molecule has 0 aliphatic heterocycles. The Morgan fingerprint density at radius 1 is 1.22 bits per heavy atom. The van der Waals surface area contributed by atoms with Crippen molar-refractivity contribution >= 4 is 17.5 Å². The lowest BCUT2D eigenvalue weighted by Crippen LogP contribution is -2.23. The molecule has 0 aliphatic rings. The van der Waals surface area contributed by atoms with E-state index in [0.717, 1.165) is 11.1 Å². The maximum absolute atomic E-state index is 12.1. The zero-order chi connectivity index (χ0) is 16.2. The van der Waals surface area contributed by atoms with Crippen LogP contribution in [0.15, 0.2) is 53.1 Å². The molecule has 3 rings (SSSR count). The molecule has 0 aliphatic carbocycles. The largest absolute Gasteiger partial charge is 0.343 e. The summed E-state index contributed by atoms with van der Waals surface area (Å²) in [5.41, 5.74) is 2.39. The molecule has 1 N–H and O–H groups in total. The Kier molecular flexibility index (Phi) is 4.39. The first-order valence-corrected chi connectivity index (χ1v) is 7.43. The van der Waals surface area contributed by atoms with Gasteiger partial charge in [0.1, 0.15) is 0 Å². The van der Waals surface area contributed by atoms with E-state index in [1.807, 2.05) is 31.2 Å². The summed E-state index contributed by atoms with van der Waals surface area (Å²) in [4.78, 5) is 16.4. The van der Waals surface area contributed by atoms with Gasteiger partial charge in [-0.2, -0.15) is 4.98 Å². The number of benzene rings is 2. The molecule has 5 nitrogen and oxygen atoms in total. The van der Waals surface area contributed by atoms with Gasteiger partial charge in [0.15, 0.2) is 0 Å². The van der Waals surface area contributed by atoms with Crippen molar-refractivity contribution in [2.45, 2.75) is 13.5 Å². The highest BCUT2D eigenvalue weighted by atomic mass is 35.5. The maximum atomic E-state index is 12.1. The zero-order valence-corrected chi connectivity index (χ0v) is 13.2. The molecular weight excluding hydrogens is 314 g/mol. The lowest BCUT2D eigenvalue weighted by molar-refractivity contribution is 0.0946. The summed E-state index contributed by atoms with van der Waals surface area (Å²) in [5.74, 6) is 0.545. The predicted molar refractivity (Wildman–Crippen MR) is 87.1 cm³/mol. The lowest BCUT2D eigenvalue weighted by atomic mass is 10.1. The minimum Gasteiger partial charge on any atom is -0.343 e. The number of halogens is 1. The van der Waals surface area contributed by atoms with Gasteiger partial charge in [0.2, 0.25) is 11.7 Å². The van der Waals surface area contributed by atoms with Crippen LogP contribution in [0.5, 0.6) is 0 Å². The van der Waals surface area contributed by atoms with Crippen LogP contribution in [0.2, 0.25) is 5.02 Å². The van der Waals surface area contributed by atoms with E-state index in [2.05, 4.69) is 15.5 Å². The van der Waals surface area contributed by atoms with Gasteiger partial charge < -0.3 is 9.84 Å². The van der Waals surface area contributed by atoms with Gasteiger partial charge in [-0.15, -0.1) is 0 Å². The van der Waals surface area contributed by atoms with Crippen LogP contribution in [0, 0.1) is 6.92 Å². The fourth-order valence-corrected chi connectivity index (χ4v) is 2.35. The number of hydrogen-bond donors (Lipinski definition) is 1. The van der Waals surface area contributed by atoms with Crippen molar-refractivity contribution in [2.24, 2.45) is 0 Å². The molecule has 23 heavy (non-hydrogen) atoms. The van der Waals surface area contributed by atoms with Crippen molar-refractivity contribution in [3.05, 3.63) is 70.6 Å². The summed E-state index contributed by atoms with van der Waals surface area (Å²) in [6, 6.07) is 14.6. The first kappa shape index (κ1) is 15.2. The van der Waals surface area contributed by atoms with Gasteiger partial charge in [0.05, 0.1) is 17.1 Å². The average molecular weight is 328 g/mol. The van der Waals surface area contributed by atoms with Crippen molar-refractivity contribution in [3.63, 3.8) is 0 Å². The van der Waals surface area contributed by atoms with Crippen molar-refractivity contribution in [3.8, 4) is 11.4 Å². The zero-order valence-electron chi connectivity index (χ0n) is 12.4. The van der Waals surface area contributed by atoms with E-state index in [4.69, 9.17) is 16.1 Å². The molecule has 0 radical (unpaired) electrons. The molecule has 0 atom stereocenters. The Bertz CT molecular complexity index is 845. The third kappa shape index (κ3) is 3.57. The number of aromatic nitrogens is 2. The number of carbonyl (C=O) groups is 1. The molecule has 0 bridgehead atoms. The first-order valence-electron chi connectivity index (χ1n) is 7.06. The molecule has 1 amide bonds. The Hall–Kier alpha value is -2.66. The molecule has 0 spiro atoms. The number of nitrogens with one attached hydrogen (secondary N) is 1. The highest BCUT2D eigenvalue weighted by molar-refractivity contribution is 6.33. The fraction of sp³-hybridized carbons (Fsp3) is 0.118. The van der Waals surface area contributed by atoms with E-state index in [1.165, 1.54) is 0 Å². The van der Waals surface area contributed by atoms with Gasteiger partial charge in [0.25, 0.3) is 5.91 Å². The second-order valence-corrected chi connectivity index (χ2v) is 5.45. The van der Waals surface area contributed by atoms with Crippen LogP contribution in [0.4, 0.5) is 0 Å². The molecule has 0 saturated heterocycles. The van der Waals surface area contributed by atoms with Gasteiger partial charge >= 0.3 is 0 Å². The molecule has 0 saturated carbocycles. The second kappa shape index (κ2) is 6.62. The van der Waals surface area contributed by atoms with E-state index in [0.29, 0.717) is 22.3 Å². The molecule has 3 aromatic rings. The lowest BCUT2D eigenvalue weighted by Gasteiger charge is -2.03. The Morgan fingerprint density at radius 3 is 2.83 bits per heavy atom. The van der Waals surface area contributed by atoms with Crippen molar-refractivity contribution < 1.29 is 9.32 Å². The number of rotatable bonds is 4. The highest BCUT2D eigenvalue weighted by Gasteiger charge is 2.12. The van der Waals surface area contributed by atoms with Crippen LogP contribution < -0.4 is 5.32 Å². The van der Waals surface area contributed by atoms with Crippen molar-refractivity contribution in [2.75, 3.05) is 0 Å². The molecular formula is C17H14ClN3O2. The molecule has 0 unspecified atom stereocenters. The number of amides is 1. The summed E-state index contributed by atoms with van der Waals surface area (Å²) in [6.45, 7) is 2.14. The molecule has 116 valence electrons. The van der Waals surface area contributed by atoms with E-state index >= 15 is 0 Å². The average Bonchev–Trinajstić information content (AvgIpc) is 3.02. The topological polar surface area (TPSA) is 68.0 Å². The van der Waals surface area contributed by atoms with Crippen LogP contribution in [0.25, 0.3) is 11.4 Å². The third-order valence-electron chi connectivity index (χ3n) is 3.26. The van der Waals surface area contributed by atoms with Gasteiger partial charge in [0, 0.05) is 5.56 Å². The summed E-state index contributed by atoms with van der Waals surface area (Å²) < 4.78 is 5.17. The molecule has 1 aromatic heterocycles. The van der Waals surface area contributed by atoms with Crippen LogP contribution in [0.3, 0.4) is 0 Å². The third-order valence-corrected chi connectivity index (χ3v) is 3.59. The Morgan fingerprint density at radius 2 is 2.04 bits per heavy atom. The van der Waals surface area contributed by atoms with E-state index in [9.17, 15) is 4.79 Å². The highest BCUT2D eigenvalue weighted by Crippen LogP contribution is 2.17. The monoisotopic (exact) mass is 327 g/mol. The number of hydrogen-bond acceptors (Lipinski definition) is 4. The quantitative estimate of drug-likeness (QED) is 0.794. The van der Waals surface area contributed by atoms with Gasteiger partial charge in [-0.25, -0.2) is 0 Å². The molecule has 1 heterocycles. The Balaban J connectivity index is 1.68. The van der Waals surface area contributed by atoms with Gasteiger partial charge in [-0.1, -0.05) is 52.7 Å². The van der Waals surface area contributed by atoms with Crippen LogP contribution in [-0.2, 0) is 6.54 Å². The normalized spacial score (nSPS) is 10.5. The second-order valence-electron chi connectivity index (χ2n) is 5.04. The molecule has 0 fully saturated rings. The fourth-order valence-electron chi connectivity index (χ4n) is 2.12. The maximum Gasteiger partial charge on any atom is 0.253 e. The summed E-state index contributed by atoms with van der Waals surface area (Å²) in [7, 11) is 0. The summed E-state index contributed by atoms with van der Waals surface area (Å²) in [5, 5.41) is 7.04. The number of carbonyl (C=O) groups excluding carboxylic acids is 1. The number of nitrogens with zero attached hydrogens (tertiary/aromatic N) is 2. The van der Waals surface area contributed by atoms with E-state index in [1.54, 1.807) is 24.3 Å². The number of aryl methyl sites for hydroxylation is 1. The van der Waals surface area contributed by atoms with E-state index < -0.39 is 0 Å². The smallest absolute Gasteiger partial charge is 0.253 e. The summed E-state index contributed by atoms with van der Waals surface area (Å²) >= 11 is 5.99. The van der Waals surface area contributed by atoms with Crippen LogP contribution >= 0.6 is 11.6 Å². The standard InChI is InChI=1S/C17H14ClN3O2/c1-11-5-4-6-12(9-11)16-20-15(23-21-16)10-19-17(22)13-7-2-3-8-14(13)18/h2-9H,10H2,1H3,(H,19,22). The first-order chi connectivity index (χ1) is 11.1. The van der Waals surface area contributed by atoms with E-state index in [-0.39, 0.29) is 12.5 Å². The SMILES string of the molecule is Cc1cccc(-c2noc(CNC(=O)c3ccccc3Cl)n2)c1. The van der Waals surface area contributed by atoms with Gasteiger partial charge in [-0.3, -0.25) is 4.79 Å². The molecule has 2 aromatic carbocycles. The van der Waals surface area contributed by atoms with Crippen molar-refractivity contribution in [1.82, 2.24) is 15.5 Å². The predicted octanol–water partition coefficient (Wildman–Crippen LogP) is 3.63. The van der Waals surface area contributed by atoms with Crippen LogP contribution in [0.1, 0.15) is 21.8 Å². The summed E-state index contributed by atoms with van der Waals surface area (Å²) in [6.07, 6.45) is 0. The Labute approximate surface area is 138 Å². The minimum atomic E-state index is -0.286. The van der Waals surface area contributed by atoms with Gasteiger partial charge in [-0.05, 0) is 25.1 Å². The minimum absolute atomic E-state index is 0.142. The molecule has 6 heteroatoms. The van der Waals surface area contributed by atoms with Crippen molar-refractivity contribution in [1.29, 1.82) is 0 Å². The van der Waals surface area contributed by atoms with Crippen LogP contribution in [-0.4, -0.2) is 16.0 Å².